The maximum Gasteiger partial charge on any atom is 0.240 e. The highest BCUT2D eigenvalue weighted by atomic mass is 32.2. The molecule has 1 N–H and O–H groups in total. The van der Waals surface area contributed by atoms with Gasteiger partial charge in [0.1, 0.15) is 16.8 Å². The van der Waals surface area contributed by atoms with Crippen molar-refractivity contribution >= 4 is 19.9 Å². The van der Waals surface area contributed by atoms with Crippen LogP contribution in [0.25, 0.3) is 0 Å². The van der Waals surface area contributed by atoms with Crippen molar-refractivity contribution in [1.82, 2.24) is 4.72 Å². The zero-order valence-corrected chi connectivity index (χ0v) is 17.4. The summed E-state index contributed by atoms with van der Waals surface area (Å²) in [5, 5.41) is -1.27. The first kappa shape index (κ1) is 21.2. The largest absolute Gasteiger partial charge is 0.468 e. The molecule has 2 aromatic carbocycles. The summed E-state index contributed by atoms with van der Waals surface area (Å²) in [7, 11) is -8.00. The van der Waals surface area contributed by atoms with E-state index < -0.39 is 37.5 Å². The molecule has 0 aliphatic carbocycles. The average Bonchev–Trinajstić information content (AvgIpc) is 3.18. The van der Waals surface area contributed by atoms with Crippen molar-refractivity contribution in [2.24, 2.45) is 0 Å². The summed E-state index contributed by atoms with van der Waals surface area (Å²) in [6, 6.07) is 12.6. The van der Waals surface area contributed by atoms with Crippen molar-refractivity contribution in [3.63, 3.8) is 0 Å². The highest BCUT2D eigenvalue weighted by molar-refractivity contribution is 7.92. The number of aryl methyl sites for hydroxylation is 2. The second-order valence-corrected chi connectivity index (χ2v) is 10.5. The lowest BCUT2D eigenvalue weighted by Gasteiger charge is -2.17. The fourth-order valence-electron chi connectivity index (χ4n) is 2.78. The van der Waals surface area contributed by atoms with E-state index in [9.17, 15) is 21.2 Å². The molecule has 29 heavy (non-hydrogen) atoms. The van der Waals surface area contributed by atoms with Crippen molar-refractivity contribution < 1.29 is 25.6 Å². The van der Waals surface area contributed by atoms with E-state index >= 15 is 0 Å². The third-order valence-electron chi connectivity index (χ3n) is 4.48. The number of sulfone groups is 1. The van der Waals surface area contributed by atoms with Crippen LogP contribution in [0.4, 0.5) is 4.39 Å². The summed E-state index contributed by atoms with van der Waals surface area (Å²) in [4.78, 5) is -0.0938. The van der Waals surface area contributed by atoms with E-state index in [1.54, 1.807) is 12.1 Å². The van der Waals surface area contributed by atoms with Gasteiger partial charge in [0.2, 0.25) is 10.0 Å². The van der Waals surface area contributed by atoms with Gasteiger partial charge in [0.05, 0.1) is 16.1 Å². The smallest absolute Gasteiger partial charge is 0.240 e. The molecule has 3 rings (SSSR count). The number of sulfonamides is 1. The van der Waals surface area contributed by atoms with Gasteiger partial charge < -0.3 is 4.42 Å². The molecule has 0 bridgehead atoms. The first-order valence-electron chi connectivity index (χ1n) is 8.71. The van der Waals surface area contributed by atoms with Gasteiger partial charge in [-0.1, -0.05) is 17.7 Å². The van der Waals surface area contributed by atoms with Gasteiger partial charge in [0, 0.05) is 6.54 Å². The van der Waals surface area contributed by atoms with Crippen LogP contribution >= 0.6 is 0 Å². The molecule has 3 aromatic rings. The summed E-state index contributed by atoms with van der Waals surface area (Å²) in [6.07, 6.45) is 1.32. The van der Waals surface area contributed by atoms with Crippen molar-refractivity contribution in [3.8, 4) is 0 Å². The molecule has 0 saturated heterocycles. The lowest BCUT2D eigenvalue weighted by molar-refractivity contribution is 0.486. The minimum Gasteiger partial charge on any atom is -0.468 e. The molecule has 0 aliphatic rings. The standard InChI is InChI=1S/C20H20FNO5S2/c1-14-5-7-16(8-6-14)28(23,24)20(19-4-3-11-27-19)13-22-29(25,26)17-9-10-18(21)15(2)12-17/h3-12,20,22H,13H2,1-2H3/t20-/m1/s1. The van der Waals surface area contributed by atoms with Gasteiger partial charge in [-0.25, -0.2) is 25.9 Å². The molecule has 0 saturated carbocycles. The third-order valence-corrected chi connectivity index (χ3v) is 7.98. The van der Waals surface area contributed by atoms with E-state index in [0.29, 0.717) is 0 Å². The van der Waals surface area contributed by atoms with Crippen molar-refractivity contribution in [2.45, 2.75) is 28.9 Å². The Kier molecular flexibility index (Phi) is 5.92. The molecule has 6 nitrogen and oxygen atoms in total. The molecule has 0 radical (unpaired) electrons. The number of hydrogen-bond acceptors (Lipinski definition) is 5. The van der Waals surface area contributed by atoms with E-state index in [2.05, 4.69) is 4.72 Å². The van der Waals surface area contributed by atoms with Gasteiger partial charge in [0.15, 0.2) is 9.84 Å². The maximum absolute atomic E-state index is 13.5. The van der Waals surface area contributed by atoms with Gasteiger partial charge >= 0.3 is 0 Å². The number of nitrogens with one attached hydrogen (secondary N) is 1. The van der Waals surface area contributed by atoms with Crippen LogP contribution in [-0.2, 0) is 19.9 Å². The monoisotopic (exact) mass is 437 g/mol. The van der Waals surface area contributed by atoms with Gasteiger partial charge in [0.25, 0.3) is 0 Å². The Morgan fingerprint density at radius 1 is 0.966 bits per heavy atom. The van der Waals surface area contributed by atoms with Crippen LogP contribution < -0.4 is 4.72 Å². The minimum atomic E-state index is -4.06. The third kappa shape index (κ3) is 4.58. The Morgan fingerprint density at radius 2 is 1.62 bits per heavy atom. The minimum absolute atomic E-state index is 0.0568. The predicted molar refractivity (Wildman–Crippen MR) is 106 cm³/mol. The van der Waals surface area contributed by atoms with E-state index in [0.717, 1.165) is 17.7 Å². The van der Waals surface area contributed by atoms with Crippen LogP contribution in [0.2, 0.25) is 0 Å². The lowest BCUT2D eigenvalue weighted by atomic mass is 10.2. The van der Waals surface area contributed by atoms with Crippen LogP contribution in [0, 0.1) is 19.7 Å². The second-order valence-electron chi connectivity index (χ2n) is 6.63. The van der Waals surface area contributed by atoms with E-state index in [4.69, 9.17) is 4.42 Å². The molecule has 1 aromatic heterocycles. The summed E-state index contributed by atoms with van der Waals surface area (Å²) in [5.41, 5.74) is 1.06. The van der Waals surface area contributed by atoms with Crippen molar-refractivity contribution in [3.05, 3.63) is 83.6 Å². The quantitative estimate of drug-likeness (QED) is 0.610. The van der Waals surface area contributed by atoms with E-state index in [1.807, 2.05) is 6.92 Å². The Balaban J connectivity index is 1.93. The number of halogens is 1. The summed E-state index contributed by atoms with van der Waals surface area (Å²) < 4.78 is 72.6. The van der Waals surface area contributed by atoms with Gasteiger partial charge in [-0.2, -0.15) is 0 Å². The first-order chi connectivity index (χ1) is 13.6. The van der Waals surface area contributed by atoms with Crippen molar-refractivity contribution in [2.75, 3.05) is 6.54 Å². The normalized spacial score (nSPS) is 13.3. The van der Waals surface area contributed by atoms with Crippen molar-refractivity contribution in [1.29, 1.82) is 0 Å². The summed E-state index contributed by atoms with van der Waals surface area (Å²) in [5.74, 6) is -0.414. The topological polar surface area (TPSA) is 93.5 Å². The van der Waals surface area contributed by atoms with E-state index in [-0.39, 0.29) is 21.1 Å². The molecule has 0 spiro atoms. The van der Waals surface area contributed by atoms with Gasteiger partial charge in [-0.05, 0) is 61.9 Å². The molecule has 0 amide bonds. The Hall–Kier alpha value is -2.49. The Labute approximate surface area is 169 Å². The molecule has 0 unspecified atom stereocenters. The molecular formula is C20H20FNO5S2. The fraction of sp³-hybridized carbons (Fsp3) is 0.200. The average molecular weight is 438 g/mol. The molecule has 0 aliphatic heterocycles. The van der Waals surface area contributed by atoms with E-state index in [1.165, 1.54) is 43.5 Å². The van der Waals surface area contributed by atoms with Crippen LogP contribution in [0.15, 0.2) is 75.1 Å². The molecule has 9 heteroatoms. The van der Waals surface area contributed by atoms with Crippen LogP contribution in [0.1, 0.15) is 22.1 Å². The Bertz CT molecular complexity index is 1200. The Morgan fingerprint density at radius 3 is 2.21 bits per heavy atom. The molecule has 0 fully saturated rings. The second kappa shape index (κ2) is 8.10. The molecule has 1 atom stereocenters. The van der Waals surface area contributed by atoms with Gasteiger partial charge in [-0.15, -0.1) is 0 Å². The number of benzene rings is 2. The maximum atomic E-state index is 13.5. The number of furan rings is 1. The predicted octanol–water partition coefficient (Wildman–Crippen LogP) is 3.53. The summed E-state index contributed by atoms with van der Waals surface area (Å²) >= 11 is 0. The fourth-order valence-corrected chi connectivity index (χ4v) is 5.61. The molecule has 154 valence electrons. The van der Waals surface area contributed by atoms with Crippen LogP contribution in [0.3, 0.4) is 0 Å². The first-order valence-corrected chi connectivity index (χ1v) is 11.7. The summed E-state index contributed by atoms with van der Waals surface area (Å²) in [6.45, 7) is 2.84. The highest BCUT2D eigenvalue weighted by Gasteiger charge is 2.33. The number of rotatable bonds is 7. The van der Waals surface area contributed by atoms with Crippen LogP contribution in [0.5, 0.6) is 0 Å². The SMILES string of the molecule is Cc1ccc(S(=O)(=O)[C@H](CNS(=O)(=O)c2ccc(F)c(C)c2)c2ccco2)cc1. The zero-order valence-electron chi connectivity index (χ0n) is 15.8. The van der Waals surface area contributed by atoms with Crippen LogP contribution in [-0.4, -0.2) is 23.4 Å². The molecular weight excluding hydrogens is 417 g/mol. The number of hydrogen-bond donors (Lipinski definition) is 1. The highest BCUT2D eigenvalue weighted by Crippen LogP contribution is 2.29. The molecule has 1 heterocycles. The zero-order chi connectivity index (χ0) is 21.2. The lowest BCUT2D eigenvalue weighted by Crippen LogP contribution is -2.32. The van der Waals surface area contributed by atoms with Gasteiger partial charge in [-0.3, -0.25) is 0 Å².